The molecule has 19 heavy (non-hydrogen) atoms. The summed E-state index contributed by atoms with van der Waals surface area (Å²) in [5.74, 6) is 1.05. The van der Waals surface area contributed by atoms with Crippen LogP contribution in [-0.2, 0) is 4.79 Å². The number of benzene rings is 1. The number of nitrogens with one attached hydrogen (secondary N) is 1. The van der Waals surface area contributed by atoms with Gasteiger partial charge in [-0.25, -0.2) is 0 Å². The zero-order chi connectivity index (χ0) is 13.5. The smallest absolute Gasteiger partial charge is 0.228 e. The molecule has 0 saturated carbocycles. The molecular formula is C15H22N2OS. The quantitative estimate of drug-likeness (QED) is 0.867. The Bertz CT molecular complexity index is 390. The fraction of sp³-hybridized carbons (Fsp3) is 0.533. The van der Waals surface area contributed by atoms with Gasteiger partial charge in [0.05, 0.1) is 5.92 Å². The molecule has 2 atom stereocenters. The number of hydrogen-bond donors (Lipinski definition) is 2. The number of amides is 1. The molecule has 0 aliphatic carbocycles. The molecule has 1 aliphatic rings. The van der Waals surface area contributed by atoms with Crippen LogP contribution in [0.5, 0.6) is 0 Å². The first-order valence-corrected chi connectivity index (χ1v) is 8.00. The SMILES string of the molecule is NCC(C(=O)NCC1CCCCS1)c1ccccc1. The molecule has 2 rings (SSSR count). The summed E-state index contributed by atoms with van der Waals surface area (Å²) in [6, 6.07) is 9.77. The van der Waals surface area contributed by atoms with Gasteiger partial charge < -0.3 is 11.1 Å². The molecule has 1 aliphatic heterocycles. The Morgan fingerprint density at radius 2 is 2.16 bits per heavy atom. The fourth-order valence-electron chi connectivity index (χ4n) is 2.39. The zero-order valence-electron chi connectivity index (χ0n) is 11.2. The van der Waals surface area contributed by atoms with E-state index in [2.05, 4.69) is 5.32 Å². The van der Waals surface area contributed by atoms with Crippen molar-refractivity contribution >= 4 is 17.7 Å². The van der Waals surface area contributed by atoms with Gasteiger partial charge in [0, 0.05) is 18.3 Å². The average Bonchev–Trinajstić information content (AvgIpc) is 2.48. The summed E-state index contributed by atoms with van der Waals surface area (Å²) < 4.78 is 0. The molecule has 0 aromatic heterocycles. The van der Waals surface area contributed by atoms with E-state index < -0.39 is 0 Å². The number of nitrogens with two attached hydrogens (primary N) is 1. The topological polar surface area (TPSA) is 55.1 Å². The van der Waals surface area contributed by atoms with Crippen molar-refractivity contribution in [2.24, 2.45) is 5.73 Å². The van der Waals surface area contributed by atoms with E-state index in [0.717, 1.165) is 12.1 Å². The molecule has 1 heterocycles. The van der Waals surface area contributed by atoms with Crippen LogP contribution in [0.4, 0.5) is 0 Å². The summed E-state index contributed by atoms with van der Waals surface area (Å²) in [5.41, 5.74) is 6.75. The number of hydrogen-bond acceptors (Lipinski definition) is 3. The van der Waals surface area contributed by atoms with E-state index in [0.29, 0.717) is 11.8 Å². The van der Waals surface area contributed by atoms with Crippen LogP contribution in [-0.4, -0.2) is 30.0 Å². The second-order valence-electron chi connectivity index (χ2n) is 4.93. The van der Waals surface area contributed by atoms with Crippen LogP contribution in [0.1, 0.15) is 30.7 Å². The van der Waals surface area contributed by atoms with Crippen molar-refractivity contribution in [3.63, 3.8) is 0 Å². The normalized spacial score (nSPS) is 20.8. The van der Waals surface area contributed by atoms with Crippen molar-refractivity contribution in [3.05, 3.63) is 35.9 Å². The zero-order valence-corrected chi connectivity index (χ0v) is 12.0. The molecule has 1 fully saturated rings. The maximum atomic E-state index is 12.2. The van der Waals surface area contributed by atoms with Gasteiger partial charge in [0.25, 0.3) is 0 Å². The van der Waals surface area contributed by atoms with Crippen molar-refractivity contribution in [1.82, 2.24) is 5.32 Å². The highest BCUT2D eigenvalue weighted by atomic mass is 32.2. The lowest BCUT2D eigenvalue weighted by Gasteiger charge is -2.23. The van der Waals surface area contributed by atoms with E-state index in [4.69, 9.17) is 5.73 Å². The Kier molecular flexibility index (Phi) is 5.73. The van der Waals surface area contributed by atoms with E-state index in [1.165, 1.54) is 25.0 Å². The third-order valence-corrected chi connectivity index (χ3v) is 4.93. The third kappa shape index (κ3) is 4.25. The summed E-state index contributed by atoms with van der Waals surface area (Å²) in [5, 5.41) is 3.64. The Hall–Kier alpha value is -1.00. The van der Waals surface area contributed by atoms with Crippen molar-refractivity contribution in [3.8, 4) is 0 Å². The van der Waals surface area contributed by atoms with Crippen LogP contribution in [0.15, 0.2) is 30.3 Å². The molecule has 3 nitrogen and oxygen atoms in total. The summed E-state index contributed by atoms with van der Waals surface area (Å²) >= 11 is 1.97. The Morgan fingerprint density at radius 1 is 1.37 bits per heavy atom. The lowest BCUT2D eigenvalue weighted by molar-refractivity contribution is -0.122. The number of thioether (sulfide) groups is 1. The maximum Gasteiger partial charge on any atom is 0.228 e. The standard InChI is InChI=1S/C15H22N2OS/c16-10-14(12-6-2-1-3-7-12)15(18)17-11-13-8-4-5-9-19-13/h1-3,6-7,13-14H,4-5,8-11,16H2,(H,17,18). The van der Waals surface area contributed by atoms with Gasteiger partial charge >= 0.3 is 0 Å². The number of rotatable bonds is 5. The predicted molar refractivity (Wildman–Crippen MR) is 81.3 cm³/mol. The highest BCUT2D eigenvalue weighted by Crippen LogP contribution is 2.24. The van der Waals surface area contributed by atoms with Gasteiger partial charge in [0.15, 0.2) is 0 Å². The Morgan fingerprint density at radius 3 is 2.79 bits per heavy atom. The van der Waals surface area contributed by atoms with E-state index >= 15 is 0 Å². The number of carbonyl (C=O) groups is 1. The van der Waals surface area contributed by atoms with Gasteiger partial charge in [-0.1, -0.05) is 36.8 Å². The van der Waals surface area contributed by atoms with E-state index in [9.17, 15) is 4.79 Å². The molecule has 3 N–H and O–H groups in total. The first-order chi connectivity index (χ1) is 9.31. The molecule has 1 saturated heterocycles. The summed E-state index contributed by atoms with van der Waals surface area (Å²) in [4.78, 5) is 12.2. The Labute approximate surface area is 119 Å². The van der Waals surface area contributed by atoms with Crippen molar-refractivity contribution in [2.75, 3.05) is 18.8 Å². The van der Waals surface area contributed by atoms with Crippen LogP contribution in [0.2, 0.25) is 0 Å². The molecule has 0 radical (unpaired) electrons. The van der Waals surface area contributed by atoms with Gasteiger partial charge in [0.1, 0.15) is 0 Å². The second-order valence-corrected chi connectivity index (χ2v) is 6.34. The minimum atomic E-state index is -0.227. The summed E-state index contributed by atoms with van der Waals surface area (Å²) in [7, 11) is 0. The lowest BCUT2D eigenvalue weighted by Crippen LogP contribution is -2.37. The second kappa shape index (κ2) is 7.56. The lowest BCUT2D eigenvalue weighted by atomic mass is 9.98. The van der Waals surface area contributed by atoms with Crippen LogP contribution in [0.25, 0.3) is 0 Å². The van der Waals surface area contributed by atoms with E-state index in [1.54, 1.807) is 0 Å². The first-order valence-electron chi connectivity index (χ1n) is 6.95. The van der Waals surface area contributed by atoms with Crippen LogP contribution >= 0.6 is 11.8 Å². The minimum absolute atomic E-state index is 0.0554. The summed E-state index contributed by atoms with van der Waals surface area (Å²) in [6.07, 6.45) is 3.81. The van der Waals surface area contributed by atoms with Gasteiger partial charge in [-0.15, -0.1) is 0 Å². The maximum absolute atomic E-state index is 12.2. The van der Waals surface area contributed by atoms with Gasteiger partial charge in [-0.05, 0) is 24.2 Å². The molecule has 4 heteroatoms. The van der Waals surface area contributed by atoms with E-state index in [-0.39, 0.29) is 11.8 Å². The largest absolute Gasteiger partial charge is 0.354 e. The first kappa shape index (κ1) is 14.4. The molecule has 1 amide bonds. The monoisotopic (exact) mass is 278 g/mol. The highest BCUT2D eigenvalue weighted by molar-refractivity contribution is 7.99. The third-order valence-electron chi connectivity index (χ3n) is 3.53. The van der Waals surface area contributed by atoms with Crippen LogP contribution in [0.3, 0.4) is 0 Å². The molecule has 1 aromatic rings. The highest BCUT2D eigenvalue weighted by Gasteiger charge is 2.20. The molecule has 2 unspecified atom stereocenters. The Balaban J connectivity index is 1.86. The van der Waals surface area contributed by atoms with Gasteiger partial charge in [-0.3, -0.25) is 4.79 Å². The average molecular weight is 278 g/mol. The summed E-state index contributed by atoms with van der Waals surface area (Å²) in [6.45, 7) is 1.13. The fourth-order valence-corrected chi connectivity index (χ4v) is 3.62. The molecule has 104 valence electrons. The molecule has 1 aromatic carbocycles. The predicted octanol–water partition coefficient (Wildman–Crippen LogP) is 2.13. The molecular weight excluding hydrogens is 256 g/mol. The van der Waals surface area contributed by atoms with Crippen molar-refractivity contribution in [2.45, 2.75) is 30.4 Å². The number of carbonyl (C=O) groups excluding carboxylic acids is 1. The van der Waals surface area contributed by atoms with Crippen LogP contribution in [0, 0.1) is 0 Å². The van der Waals surface area contributed by atoms with Crippen LogP contribution < -0.4 is 11.1 Å². The minimum Gasteiger partial charge on any atom is -0.354 e. The van der Waals surface area contributed by atoms with E-state index in [1.807, 2.05) is 42.1 Å². The molecule has 0 spiro atoms. The molecule has 0 bridgehead atoms. The van der Waals surface area contributed by atoms with Crippen molar-refractivity contribution in [1.29, 1.82) is 0 Å². The van der Waals surface area contributed by atoms with Gasteiger partial charge in [0.2, 0.25) is 5.91 Å². The van der Waals surface area contributed by atoms with Crippen molar-refractivity contribution < 1.29 is 4.79 Å². The van der Waals surface area contributed by atoms with Gasteiger partial charge in [-0.2, -0.15) is 11.8 Å².